The van der Waals surface area contributed by atoms with E-state index in [0.29, 0.717) is 0 Å². The zero-order valence-electron chi connectivity index (χ0n) is 18.9. The van der Waals surface area contributed by atoms with Crippen LogP contribution in [0.4, 0.5) is 0 Å². The summed E-state index contributed by atoms with van der Waals surface area (Å²) in [5.41, 5.74) is 9.20. The molecule has 34 heavy (non-hydrogen) atoms. The summed E-state index contributed by atoms with van der Waals surface area (Å²) in [5, 5.41) is 9.91. The van der Waals surface area contributed by atoms with Gasteiger partial charge in [0.1, 0.15) is 11.3 Å². The van der Waals surface area contributed by atoms with Crippen LogP contribution in [0.2, 0.25) is 0 Å². The van der Waals surface area contributed by atoms with Crippen LogP contribution in [-0.4, -0.2) is 49.1 Å². The summed E-state index contributed by atoms with van der Waals surface area (Å²) >= 11 is 0. The second-order valence-electron chi connectivity index (χ2n) is 8.69. The van der Waals surface area contributed by atoms with Crippen LogP contribution in [-0.2, 0) is 6.54 Å². The second kappa shape index (κ2) is 8.20. The number of hydrogen-bond acceptors (Lipinski definition) is 5. The van der Waals surface area contributed by atoms with Crippen LogP contribution in [0.25, 0.3) is 55.6 Å². The number of fused-ring (bicyclic) bond motifs is 2. The van der Waals surface area contributed by atoms with E-state index in [2.05, 4.69) is 79.5 Å². The lowest BCUT2D eigenvalue weighted by Gasteiger charge is -2.10. The zero-order valence-corrected chi connectivity index (χ0v) is 18.9. The molecule has 0 spiro atoms. The van der Waals surface area contributed by atoms with Gasteiger partial charge in [-0.25, -0.2) is 4.98 Å². The van der Waals surface area contributed by atoms with Crippen molar-refractivity contribution in [1.29, 1.82) is 0 Å². The highest BCUT2D eigenvalue weighted by Crippen LogP contribution is 2.34. The molecule has 0 saturated heterocycles. The summed E-state index contributed by atoms with van der Waals surface area (Å²) in [4.78, 5) is 18.8. The number of aromatic nitrogens is 6. The Labute approximate surface area is 196 Å². The zero-order chi connectivity index (χ0) is 23.1. The van der Waals surface area contributed by atoms with E-state index in [1.807, 2.05) is 36.8 Å². The molecule has 0 atom stereocenters. The second-order valence-corrected chi connectivity index (χ2v) is 8.69. The van der Waals surface area contributed by atoms with E-state index in [4.69, 9.17) is 0 Å². The van der Waals surface area contributed by atoms with Crippen molar-refractivity contribution in [3.05, 3.63) is 85.1 Å². The standard InChI is InChI=1S/C27H23N7/c1-34(2)16-17-11-20(15-29-14-17)19-3-4-24-23(12-19)26(33-32-24)25-13-22-21(7-10-30-27(22)31-25)18-5-8-28-9-6-18/h3-15H,16H2,1-2H3,(H,30,31)(H,32,33). The fourth-order valence-corrected chi connectivity index (χ4v) is 4.43. The van der Waals surface area contributed by atoms with Gasteiger partial charge >= 0.3 is 0 Å². The third-order valence-electron chi connectivity index (χ3n) is 5.97. The van der Waals surface area contributed by atoms with E-state index in [1.165, 1.54) is 5.56 Å². The Morgan fingerprint density at radius 1 is 0.794 bits per heavy atom. The van der Waals surface area contributed by atoms with Crippen molar-refractivity contribution >= 4 is 21.9 Å². The predicted octanol–water partition coefficient (Wildman–Crippen LogP) is 5.29. The Morgan fingerprint density at radius 3 is 2.53 bits per heavy atom. The molecule has 0 aliphatic heterocycles. The third-order valence-corrected chi connectivity index (χ3v) is 5.97. The lowest BCUT2D eigenvalue weighted by atomic mass is 10.0. The van der Waals surface area contributed by atoms with Gasteiger partial charge in [0.05, 0.1) is 11.2 Å². The SMILES string of the molecule is CN(C)Cc1cncc(-c2ccc3[nH]nc(-c4cc5c(-c6ccncc6)ccnc5[nH]4)c3c2)c1. The summed E-state index contributed by atoms with van der Waals surface area (Å²) in [6, 6.07) is 16.7. The molecule has 0 unspecified atom stereocenters. The van der Waals surface area contributed by atoms with E-state index < -0.39 is 0 Å². The normalized spacial score (nSPS) is 11.6. The molecule has 0 aliphatic rings. The summed E-state index contributed by atoms with van der Waals surface area (Å²) in [6.07, 6.45) is 9.27. The van der Waals surface area contributed by atoms with Gasteiger partial charge in [-0.1, -0.05) is 6.07 Å². The molecule has 7 nitrogen and oxygen atoms in total. The number of aromatic amines is 2. The Kier molecular flexibility index (Phi) is 4.89. The summed E-state index contributed by atoms with van der Waals surface area (Å²) < 4.78 is 0. The molecule has 0 amide bonds. The average Bonchev–Trinajstić information content (AvgIpc) is 3.48. The fourth-order valence-electron chi connectivity index (χ4n) is 4.43. The molecule has 0 saturated carbocycles. The highest BCUT2D eigenvalue weighted by Gasteiger charge is 2.15. The number of benzene rings is 1. The molecular weight excluding hydrogens is 422 g/mol. The maximum Gasteiger partial charge on any atom is 0.138 e. The summed E-state index contributed by atoms with van der Waals surface area (Å²) in [7, 11) is 4.12. The van der Waals surface area contributed by atoms with Gasteiger partial charge in [0.2, 0.25) is 0 Å². The molecule has 7 heteroatoms. The van der Waals surface area contributed by atoms with Gasteiger partial charge in [-0.15, -0.1) is 0 Å². The molecule has 0 fully saturated rings. The van der Waals surface area contributed by atoms with Crippen LogP contribution in [0.15, 0.2) is 79.5 Å². The highest BCUT2D eigenvalue weighted by molar-refractivity contribution is 6.00. The van der Waals surface area contributed by atoms with Crippen molar-refractivity contribution in [2.45, 2.75) is 6.54 Å². The third kappa shape index (κ3) is 3.62. The van der Waals surface area contributed by atoms with Gasteiger partial charge in [0, 0.05) is 53.9 Å². The van der Waals surface area contributed by atoms with Crippen molar-refractivity contribution in [3.63, 3.8) is 0 Å². The Balaban J connectivity index is 1.45. The van der Waals surface area contributed by atoms with Crippen molar-refractivity contribution in [2.75, 3.05) is 14.1 Å². The van der Waals surface area contributed by atoms with Gasteiger partial charge in [-0.05, 0) is 78.8 Å². The van der Waals surface area contributed by atoms with E-state index in [-0.39, 0.29) is 0 Å². The van der Waals surface area contributed by atoms with Gasteiger partial charge < -0.3 is 9.88 Å². The number of pyridine rings is 3. The van der Waals surface area contributed by atoms with Crippen molar-refractivity contribution in [2.24, 2.45) is 0 Å². The Hall–Kier alpha value is -4.36. The molecule has 0 aliphatic carbocycles. The number of hydrogen-bond donors (Lipinski definition) is 2. The predicted molar refractivity (Wildman–Crippen MR) is 135 cm³/mol. The summed E-state index contributed by atoms with van der Waals surface area (Å²) in [6.45, 7) is 0.849. The van der Waals surface area contributed by atoms with Crippen molar-refractivity contribution in [1.82, 2.24) is 35.0 Å². The van der Waals surface area contributed by atoms with E-state index in [0.717, 1.165) is 62.1 Å². The number of nitrogens with zero attached hydrogens (tertiary/aromatic N) is 5. The maximum atomic E-state index is 4.64. The average molecular weight is 446 g/mol. The Morgan fingerprint density at radius 2 is 1.68 bits per heavy atom. The van der Waals surface area contributed by atoms with Crippen molar-refractivity contribution in [3.8, 4) is 33.6 Å². The molecule has 5 heterocycles. The van der Waals surface area contributed by atoms with E-state index in [1.54, 1.807) is 12.4 Å². The lowest BCUT2D eigenvalue weighted by molar-refractivity contribution is 0.402. The van der Waals surface area contributed by atoms with Crippen LogP contribution in [0.5, 0.6) is 0 Å². The maximum absolute atomic E-state index is 4.64. The van der Waals surface area contributed by atoms with Crippen molar-refractivity contribution < 1.29 is 0 Å². The molecule has 0 radical (unpaired) electrons. The first-order valence-corrected chi connectivity index (χ1v) is 11.1. The molecule has 166 valence electrons. The first kappa shape index (κ1) is 20.3. The minimum atomic E-state index is 0.831. The quantitative estimate of drug-likeness (QED) is 0.376. The number of nitrogens with one attached hydrogen (secondary N) is 2. The molecular formula is C27H23N7. The Bertz CT molecular complexity index is 1610. The first-order valence-electron chi connectivity index (χ1n) is 11.1. The van der Waals surface area contributed by atoms with Crippen LogP contribution in [0.3, 0.4) is 0 Å². The van der Waals surface area contributed by atoms with Crippen LogP contribution in [0, 0.1) is 0 Å². The van der Waals surface area contributed by atoms with Gasteiger partial charge in [0.15, 0.2) is 0 Å². The van der Waals surface area contributed by atoms with Crippen LogP contribution >= 0.6 is 0 Å². The van der Waals surface area contributed by atoms with Gasteiger partial charge in [-0.3, -0.25) is 15.1 Å². The van der Waals surface area contributed by atoms with Crippen LogP contribution in [0.1, 0.15) is 5.56 Å². The molecule has 2 N–H and O–H groups in total. The van der Waals surface area contributed by atoms with E-state index >= 15 is 0 Å². The highest BCUT2D eigenvalue weighted by atomic mass is 15.1. The lowest BCUT2D eigenvalue weighted by Crippen LogP contribution is -2.10. The fraction of sp³-hybridized carbons (Fsp3) is 0.111. The van der Waals surface area contributed by atoms with Crippen LogP contribution < -0.4 is 0 Å². The topological polar surface area (TPSA) is 86.4 Å². The summed E-state index contributed by atoms with van der Waals surface area (Å²) in [5.74, 6) is 0. The minimum Gasteiger partial charge on any atom is -0.338 e. The largest absolute Gasteiger partial charge is 0.338 e. The minimum absolute atomic E-state index is 0.831. The number of rotatable bonds is 5. The van der Waals surface area contributed by atoms with E-state index in [9.17, 15) is 0 Å². The van der Waals surface area contributed by atoms with Gasteiger partial charge in [-0.2, -0.15) is 5.10 Å². The number of H-pyrrole nitrogens is 2. The molecule has 1 aromatic carbocycles. The molecule has 6 rings (SSSR count). The first-order chi connectivity index (χ1) is 16.7. The molecule has 6 aromatic rings. The molecule has 0 bridgehead atoms. The van der Waals surface area contributed by atoms with Gasteiger partial charge in [0.25, 0.3) is 0 Å². The monoisotopic (exact) mass is 445 g/mol. The smallest absolute Gasteiger partial charge is 0.138 e. The molecule has 5 aromatic heterocycles.